The van der Waals surface area contributed by atoms with Gasteiger partial charge in [0.1, 0.15) is 6.07 Å². The van der Waals surface area contributed by atoms with Crippen LogP contribution >= 0.6 is 11.3 Å². The van der Waals surface area contributed by atoms with Crippen LogP contribution in [0.3, 0.4) is 0 Å². The van der Waals surface area contributed by atoms with Crippen molar-refractivity contribution in [1.29, 1.82) is 5.26 Å². The first-order valence-electron chi connectivity index (χ1n) is 7.33. The Morgan fingerprint density at radius 3 is 2.44 bits per heavy atom. The van der Waals surface area contributed by atoms with E-state index in [1.807, 2.05) is 0 Å². The molecular weight excluding hydrogens is 351 g/mol. The average Bonchev–Trinajstić information content (AvgIpc) is 2.85. The Kier molecular flexibility index (Phi) is 4.91. The number of carbonyl (C=O) groups is 1. The van der Waals surface area contributed by atoms with Crippen molar-refractivity contribution < 1.29 is 18.0 Å². The summed E-state index contributed by atoms with van der Waals surface area (Å²) in [5.41, 5.74) is -1.48. The summed E-state index contributed by atoms with van der Waals surface area (Å²) < 4.78 is 40.0. The van der Waals surface area contributed by atoms with E-state index in [1.165, 1.54) is 22.0 Å². The zero-order valence-corrected chi connectivity index (χ0v) is 14.9. The molecule has 0 aliphatic heterocycles. The van der Waals surface area contributed by atoms with Crippen molar-refractivity contribution in [2.45, 2.75) is 33.9 Å². The second kappa shape index (κ2) is 6.48. The van der Waals surface area contributed by atoms with Crippen LogP contribution in [0.2, 0.25) is 0 Å². The summed E-state index contributed by atoms with van der Waals surface area (Å²) >= 11 is 1.23. The van der Waals surface area contributed by atoms with Gasteiger partial charge >= 0.3 is 6.18 Å². The van der Waals surface area contributed by atoms with Crippen molar-refractivity contribution in [2.75, 3.05) is 0 Å². The number of hydrogen-bond acceptors (Lipinski definition) is 3. The molecule has 8 heteroatoms. The summed E-state index contributed by atoms with van der Waals surface area (Å²) in [5.74, 6) is -0.353. The number of alkyl halides is 3. The third-order valence-corrected chi connectivity index (χ3v) is 4.21. The smallest absolute Gasteiger partial charge is 0.291 e. The van der Waals surface area contributed by atoms with Crippen molar-refractivity contribution >= 4 is 17.2 Å². The van der Waals surface area contributed by atoms with Crippen molar-refractivity contribution in [1.82, 2.24) is 4.57 Å². The summed E-state index contributed by atoms with van der Waals surface area (Å²) in [7, 11) is 0. The molecule has 132 valence electrons. The number of halogens is 3. The lowest BCUT2D eigenvalue weighted by molar-refractivity contribution is -0.137. The first-order valence-corrected chi connectivity index (χ1v) is 8.15. The molecule has 4 nitrogen and oxygen atoms in total. The highest BCUT2D eigenvalue weighted by molar-refractivity contribution is 7.09. The van der Waals surface area contributed by atoms with Crippen LogP contribution < -0.4 is 4.80 Å². The molecule has 1 aromatic heterocycles. The van der Waals surface area contributed by atoms with Gasteiger partial charge in [-0.2, -0.15) is 23.4 Å². The Balaban J connectivity index is 2.67. The number of benzene rings is 1. The van der Waals surface area contributed by atoms with E-state index in [-0.39, 0.29) is 17.2 Å². The number of carbonyl (C=O) groups excluding carboxylic acids is 1. The Morgan fingerprint density at radius 1 is 1.28 bits per heavy atom. The van der Waals surface area contributed by atoms with Crippen molar-refractivity contribution in [2.24, 2.45) is 10.4 Å². The number of aryl methyl sites for hydroxylation is 1. The number of nitriles is 1. The zero-order valence-electron chi connectivity index (χ0n) is 14.1. The maximum Gasteiger partial charge on any atom is 0.416 e. The second-order valence-corrected chi connectivity index (χ2v) is 7.72. The van der Waals surface area contributed by atoms with Crippen LogP contribution in [0, 0.1) is 23.7 Å². The molecule has 2 aromatic rings. The number of hydrogen-bond donors (Lipinski definition) is 0. The van der Waals surface area contributed by atoms with Gasteiger partial charge in [-0.1, -0.05) is 20.8 Å². The predicted octanol–water partition coefficient (Wildman–Crippen LogP) is 4.21. The van der Waals surface area contributed by atoms with Gasteiger partial charge in [0.05, 0.1) is 16.8 Å². The maximum atomic E-state index is 12.8. The number of rotatable bonds is 1. The van der Waals surface area contributed by atoms with Crippen LogP contribution in [0.15, 0.2) is 29.4 Å². The third-order valence-electron chi connectivity index (χ3n) is 3.31. The summed E-state index contributed by atoms with van der Waals surface area (Å²) in [6, 6.07) is 4.70. The lowest BCUT2D eigenvalue weighted by Crippen LogP contribution is -2.23. The Hall–Kier alpha value is -2.40. The molecule has 0 saturated heterocycles. The molecule has 25 heavy (non-hydrogen) atoms. The van der Waals surface area contributed by atoms with E-state index in [1.54, 1.807) is 40.0 Å². The summed E-state index contributed by atoms with van der Waals surface area (Å²) in [6.45, 7) is 6.96. The van der Waals surface area contributed by atoms with Gasteiger partial charge in [0, 0.05) is 16.5 Å². The van der Waals surface area contributed by atoms with Crippen molar-refractivity contribution in [3.8, 4) is 11.8 Å². The molecule has 2 rings (SSSR count). The standard InChI is InChI=1S/C17H16F3N3OS/c1-10-9-23(15(25-10)22-14(24)16(2,3)4)13-6-5-12(17(18,19)20)7-11(13)8-21/h5-7,9H,1-4H3. The van der Waals surface area contributed by atoms with Crippen LogP contribution in [0.1, 0.15) is 36.8 Å². The lowest BCUT2D eigenvalue weighted by Gasteiger charge is -2.13. The Labute approximate surface area is 146 Å². The van der Waals surface area contributed by atoms with Gasteiger partial charge in [-0.05, 0) is 25.1 Å². The normalized spacial score (nSPS) is 13.0. The topological polar surface area (TPSA) is 58.1 Å². The second-order valence-electron chi connectivity index (χ2n) is 6.50. The molecule has 0 aliphatic rings. The molecule has 0 atom stereocenters. The van der Waals surface area contributed by atoms with Gasteiger partial charge in [0.25, 0.3) is 5.91 Å². The Bertz CT molecular complexity index is 924. The number of amides is 1. The van der Waals surface area contributed by atoms with Gasteiger partial charge in [-0.15, -0.1) is 11.3 Å². The monoisotopic (exact) mass is 367 g/mol. The zero-order chi connectivity index (χ0) is 19.0. The van der Waals surface area contributed by atoms with E-state index in [9.17, 15) is 23.2 Å². The third kappa shape index (κ3) is 4.17. The number of thiazole rings is 1. The molecule has 0 radical (unpaired) electrons. The molecule has 0 bridgehead atoms. The fourth-order valence-electron chi connectivity index (χ4n) is 1.97. The quantitative estimate of drug-likeness (QED) is 0.758. The van der Waals surface area contributed by atoms with Crippen LogP contribution in [0.4, 0.5) is 13.2 Å². The van der Waals surface area contributed by atoms with Crippen molar-refractivity contribution in [3.63, 3.8) is 0 Å². The first kappa shape index (κ1) is 18.9. The van der Waals surface area contributed by atoms with Gasteiger partial charge in [0.2, 0.25) is 0 Å². The van der Waals surface area contributed by atoms with E-state index in [0.717, 1.165) is 17.0 Å². The van der Waals surface area contributed by atoms with E-state index >= 15 is 0 Å². The van der Waals surface area contributed by atoms with E-state index in [0.29, 0.717) is 4.80 Å². The van der Waals surface area contributed by atoms with E-state index in [2.05, 4.69) is 4.99 Å². The fraction of sp³-hybridized carbons (Fsp3) is 0.353. The SMILES string of the molecule is Cc1cn(-c2ccc(C(F)(F)F)cc2C#N)c(=NC(=O)C(C)(C)C)s1. The van der Waals surface area contributed by atoms with Gasteiger partial charge in [-0.25, -0.2) is 0 Å². The molecule has 0 aliphatic carbocycles. The highest BCUT2D eigenvalue weighted by Crippen LogP contribution is 2.31. The van der Waals surface area contributed by atoms with Gasteiger partial charge < -0.3 is 0 Å². The lowest BCUT2D eigenvalue weighted by atomic mass is 9.96. The van der Waals surface area contributed by atoms with Crippen LogP contribution in [-0.4, -0.2) is 10.5 Å². The summed E-state index contributed by atoms with van der Waals surface area (Å²) in [5, 5.41) is 9.25. The average molecular weight is 367 g/mol. The highest BCUT2D eigenvalue weighted by atomic mass is 32.1. The van der Waals surface area contributed by atoms with Crippen LogP contribution in [-0.2, 0) is 11.0 Å². The molecule has 0 fully saturated rings. The fourth-order valence-corrected chi connectivity index (χ4v) is 2.80. The highest BCUT2D eigenvalue weighted by Gasteiger charge is 2.31. The number of nitrogens with zero attached hydrogens (tertiary/aromatic N) is 3. The molecule has 1 amide bonds. The summed E-state index contributed by atoms with van der Waals surface area (Å²) in [6.07, 6.45) is -2.89. The molecule has 0 unspecified atom stereocenters. The minimum absolute atomic E-state index is 0.141. The van der Waals surface area contributed by atoms with E-state index in [4.69, 9.17) is 0 Å². The predicted molar refractivity (Wildman–Crippen MR) is 88.1 cm³/mol. The van der Waals surface area contributed by atoms with Crippen LogP contribution in [0.25, 0.3) is 5.69 Å². The van der Waals surface area contributed by atoms with Gasteiger partial charge in [0.15, 0.2) is 4.80 Å². The maximum absolute atomic E-state index is 12.8. The minimum atomic E-state index is -4.53. The first-order chi connectivity index (χ1) is 11.4. The van der Waals surface area contributed by atoms with Crippen molar-refractivity contribution in [3.05, 3.63) is 45.2 Å². The van der Waals surface area contributed by atoms with E-state index < -0.39 is 17.2 Å². The summed E-state index contributed by atoms with van der Waals surface area (Å²) in [4.78, 5) is 17.4. The molecular formula is C17H16F3N3OS. The molecule has 1 aromatic carbocycles. The molecule has 0 spiro atoms. The minimum Gasteiger partial charge on any atom is -0.291 e. The largest absolute Gasteiger partial charge is 0.416 e. The molecule has 0 saturated carbocycles. The van der Waals surface area contributed by atoms with Crippen LogP contribution in [0.5, 0.6) is 0 Å². The Morgan fingerprint density at radius 2 is 1.92 bits per heavy atom. The number of aromatic nitrogens is 1. The molecule has 1 heterocycles. The van der Waals surface area contributed by atoms with Gasteiger partial charge in [-0.3, -0.25) is 9.36 Å². The molecule has 0 N–H and O–H groups in total.